The zero-order chi connectivity index (χ0) is 33.4. The molecule has 2 amide bonds. The Morgan fingerprint density at radius 2 is 1.49 bits per heavy atom. The lowest BCUT2D eigenvalue weighted by molar-refractivity contribution is -0.143. The van der Waals surface area contributed by atoms with E-state index in [1.54, 1.807) is 12.1 Å². The highest BCUT2D eigenvalue weighted by atomic mass is 35.5. The summed E-state index contributed by atoms with van der Waals surface area (Å²) in [7, 11) is 0. The number of hydrogen-bond donors (Lipinski definition) is 1. The van der Waals surface area contributed by atoms with Crippen molar-refractivity contribution in [3.05, 3.63) is 68.7 Å². The summed E-state index contributed by atoms with van der Waals surface area (Å²) in [6, 6.07) is 6.56. The van der Waals surface area contributed by atoms with Gasteiger partial charge in [0, 0.05) is 23.9 Å². The van der Waals surface area contributed by atoms with Crippen LogP contribution < -0.4 is 5.73 Å². The van der Waals surface area contributed by atoms with Crippen LogP contribution >= 0.6 is 35.6 Å². The summed E-state index contributed by atoms with van der Waals surface area (Å²) in [6.07, 6.45) is -7.10. The molecule has 0 aromatic heterocycles. The number of hydrogen-bond acceptors (Lipinski definition) is 3. The maximum absolute atomic E-state index is 13.5. The molecule has 47 heavy (non-hydrogen) atoms. The quantitative estimate of drug-likeness (QED) is 0.288. The molecule has 2 heterocycles. The smallest absolute Gasteiger partial charge is 0.412 e. The highest BCUT2D eigenvalue weighted by Gasteiger charge is 2.42. The highest BCUT2D eigenvalue weighted by molar-refractivity contribution is 6.42. The normalized spacial score (nSPS) is 19.9. The van der Waals surface area contributed by atoms with Crippen molar-refractivity contribution < 1.29 is 41.4 Å². The van der Waals surface area contributed by atoms with Crippen molar-refractivity contribution in [2.45, 2.75) is 70.1 Å². The molecule has 1 atom stereocenters. The first-order valence-electron chi connectivity index (χ1n) is 14.9. The first-order valence-corrected chi connectivity index (χ1v) is 15.6. The summed E-state index contributed by atoms with van der Waals surface area (Å²) >= 11 is 12.6. The van der Waals surface area contributed by atoms with Crippen LogP contribution in [0.25, 0.3) is 0 Å². The second-order valence-corrected chi connectivity index (χ2v) is 13.7. The van der Waals surface area contributed by atoms with Crippen LogP contribution in [0.2, 0.25) is 10.0 Å². The van der Waals surface area contributed by atoms with Crippen molar-refractivity contribution in [1.29, 1.82) is 0 Å². The molecule has 15 heteroatoms. The Morgan fingerprint density at radius 3 is 2.00 bits per heavy atom. The molecule has 0 spiro atoms. The lowest BCUT2D eigenvalue weighted by Gasteiger charge is -2.45. The topological polar surface area (TPSA) is 98.1 Å². The van der Waals surface area contributed by atoms with Crippen LogP contribution in [0.3, 0.4) is 0 Å². The number of carbonyl (C=O) groups excluding carboxylic acids is 2. The average Bonchev–Trinajstić information content (AvgIpc) is 2.96. The van der Waals surface area contributed by atoms with E-state index in [2.05, 4.69) is 4.90 Å². The first-order chi connectivity index (χ1) is 20.8. The van der Waals surface area contributed by atoms with E-state index in [1.807, 2.05) is 19.9 Å². The number of benzene rings is 2. The molecule has 4 N–H and O–H groups in total. The van der Waals surface area contributed by atoms with Crippen LogP contribution in [-0.2, 0) is 33.8 Å². The third-order valence-electron chi connectivity index (χ3n) is 9.61. The van der Waals surface area contributed by atoms with Crippen molar-refractivity contribution in [3.63, 3.8) is 0 Å². The molecule has 0 aliphatic carbocycles. The van der Waals surface area contributed by atoms with E-state index in [-0.39, 0.29) is 47.9 Å². The SMILES string of the molecule is CC(C)(C(N)=O)C1CCN(CCC2(c3ccc(Cl)c(Cl)c3)CCCN(C(=O)Cc3cc(C(F)(F)F)cc(C(F)(F)F)c3)C2)CC1.Cl.O. The van der Waals surface area contributed by atoms with E-state index < -0.39 is 46.6 Å². The van der Waals surface area contributed by atoms with E-state index in [4.69, 9.17) is 28.9 Å². The molecular formula is C32H40Cl3F6N3O3. The number of likely N-dealkylation sites (tertiary alicyclic amines) is 2. The number of amides is 2. The summed E-state index contributed by atoms with van der Waals surface area (Å²) in [5.41, 5.74) is 2.05. The minimum atomic E-state index is -5.00. The molecule has 6 nitrogen and oxygen atoms in total. The fraction of sp³-hybridized carbons (Fsp3) is 0.562. The summed E-state index contributed by atoms with van der Waals surface area (Å²) in [5.74, 6) is -0.723. The second-order valence-electron chi connectivity index (χ2n) is 12.9. The van der Waals surface area contributed by atoms with Gasteiger partial charge < -0.3 is 21.0 Å². The van der Waals surface area contributed by atoms with Gasteiger partial charge in [-0.3, -0.25) is 9.59 Å². The minimum absolute atomic E-state index is 0. The van der Waals surface area contributed by atoms with Gasteiger partial charge in [-0.05, 0) is 99.1 Å². The number of alkyl halides is 6. The van der Waals surface area contributed by atoms with Gasteiger partial charge in [0.1, 0.15) is 0 Å². The van der Waals surface area contributed by atoms with Gasteiger partial charge >= 0.3 is 12.4 Å². The van der Waals surface area contributed by atoms with E-state index in [0.29, 0.717) is 54.5 Å². The Bertz CT molecular complexity index is 1380. The Labute approximate surface area is 286 Å². The van der Waals surface area contributed by atoms with Gasteiger partial charge in [-0.25, -0.2) is 0 Å². The maximum Gasteiger partial charge on any atom is 0.416 e. The zero-order valence-corrected chi connectivity index (χ0v) is 28.4. The van der Waals surface area contributed by atoms with Crippen molar-refractivity contribution in [2.24, 2.45) is 17.1 Å². The lowest BCUT2D eigenvalue weighted by Crippen LogP contribution is -2.51. The number of halogens is 9. The molecule has 1 unspecified atom stereocenters. The van der Waals surface area contributed by atoms with Crippen LogP contribution in [0.1, 0.15) is 68.2 Å². The summed E-state index contributed by atoms with van der Waals surface area (Å²) < 4.78 is 80.5. The zero-order valence-electron chi connectivity index (χ0n) is 26.0. The van der Waals surface area contributed by atoms with Crippen molar-refractivity contribution in [1.82, 2.24) is 9.80 Å². The second kappa shape index (κ2) is 15.5. The molecule has 2 aromatic rings. The van der Waals surface area contributed by atoms with Crippen LogP contribution in [0.15, 0.2) is 36.4 Å². The van der Waals surface area contributed by atoms with Crippen molar-refractivity contribution in [2.75, 3.05) is 32.7 Å². The Hall–Kier alpha value is -2.25. The van der Waals surface area contributed by atoms with Crippen LogP contribution in [0.5, 0.6) is 0 Å². The van der Waals surface area contributed by atoms with Gasteiger partial charge in [-0.2, -0.15) is 26.3 Å². The molecular weight excluding hydrogens is 695 g/mol. The predicted molar refractivity (Wildman–Crippen MR) is 172 cm³/mol. The molecule has 0 saturated carbocycles. The van der Waals surface area contributed by atoms with Gasteiger partial charge in [-0.15, -0.1) is 12.4 Å². The Morgan fingerprint density at radius 1 is 0.915 bits per heavy atom. The minimum Gasteiger partial charge on any atom is -0.412 e. The summed E-state index contributed by atoms with van der Waals surface area (Å²) in [6.45, 7) is 6.48. The standard InChI is InChI=1S/C32H37Cl2F6N3O2.ClH.H2O/c1-29(2,28(41)45)21-6-11-42(12-7-21)13-9-30(22-4-5-25(33)26(34)18-22)8-3-10-43(19-30)27(44)16-20-14-23(31(35,36)37)17-24(15-20)32(38,39)40;;/h4-5,14-15,17-18,21H,3,6-13,16,19H2,1-2H3,(H2,41,45);1H;1H2. The number of rotatable bonds is 8. The van der Waals surface area contributed by atoms with Gasteiger partial charge in [-0.1, -0.05) is 43.1 Å². The first kappa shape index (κ1) is 40.9. The number of nitrogens with two attached hydrogens (primary N) is 1. The van der Waals surface area contributed by atoms with Crippen LogP contribution in [-0.4, -0.2) is 59.8 Å². The van der Waals surface area contributed by atoms with E-state index in [0.717, 1.165) is 31.5 Å². The predicted octanol–water partition coefficient (Wildman–Crippen LogP) is 7.34. The maximum atomic E-state index is 13.5. The molecule has 0 bridgehead atoms. The molecule has 2 aliphatic heterocycles. The highest BCUT2D eigenvalue weighted by Crippen LogP contribution is 2.42. The number of carbonyl (C=O) groups is 2. The fourth-order valence-corrected chi connectivity index (χ4v) is 6.91. The largest absolute Gasteiger partial charge is 0.416 e. The van der Waals surface area contributed by atoms with Gasteiger partial charge in [0.15, 0.2) is 0 Å². The third kappa shape index (κ3) is 9.68. The van der Waals surface area contributed by atoms with Gasteiger partial charge in [0.25, 0.3) is 0 Å². The van der Waals surface area contributed by atoms with E-state index in [1.165, 1.54) is 4.90 Å². The van der Waals surface area contributed by atoms with Crippen molar-refractivity contribution >= 4 is 47.4 Å². The van der Waals surface area contributed by atoms with E-state index in [9.17, 15) is 35.9 Å². The number of piperidine rings is 2. The fourth-order valence-electron chi connectivity index (χ4n) is 6.61. The van der Waals surface area contributed by atoms with Gasteiger partial charge in [0.05, 0.1) is 27.6 Å². The lowest BCUT2D eigenvalue weighted by atomic mass is 9.71. The molecule has 0 radical (unpaired) electrons. The van der Waals surface area contributed by atoms with E-state index >= 15 is 0 Å². The molecule has 2 aromatic carbocycles. The van der Waals surface area contributed by atoms with Crippen LogP contribution in [0, 0.1) is 11.3 Å². The average molecular weight is 735 g/mol. The molecule has 2 fully saturated rings. The number of nitrogens with zero attached hydrogens (tertiary/aromatic N) is 2. The Balaban J connectivity index is 0.00000384. The Kier molecular flexibility index (Phi) is 13.5. The monoisotopic (exact) mass is 733 g/mol. The third-order valence-corrected chi connectivity index (χ3v) is 10.4. The molecule has 2 aliphatic rings. The van der Waals surface area contributed by atoms with Gasteiger partial charge in [0.2, 0.25) is 11.8 Å². The molecule has 2 saturated heterocycles. The summed E-state index contributed by atoms with van der Waals surface area (Å²) in [4.78, 5) is 29.3. The van der Waals surface area contributed by atoms with Crippen LogP contribution in [0.4, 0.5) is 26.3 Å². The summed E-state index contributed by atoms with van der Waals surface area (Å²) in [5, 5.41) is 0.707. The number of primary amides is 1. The molecule has 264 valence electrons. The van der Waals surface area contributed by atoms with Crippen molar-refractivity contribution in [3.8, 4) is 0 Å². The molecule has 4 rings (SSSR count).